The van der Waals surface area contributed by atoms with Crippen molar-refractivity contribution in [2.45, 2.75) is 30.7 Å². The summed E-state index contributed by atoms with van der Waals surface area (Å²) in [5.74, 6) is 1.11. The van der Waals surface area contributed by atoms with E-state index in [0.717, 1.165) is 42.1 Å². The molecule has 0 bridgehead atoms. The molecule has 0 aromatic carbocycles. The van der Waals surface area contributed by atoms with E-state index in [9.17, 15) is 0 Å². The number of pyridine rings is 1. The van der Waals surface area contributed by atoms with Crippen molar-refractivity contribution in [1.29, 1.82) is 0 Å². The first-order valence-electron chi connectivity index (χ1n) is 7.39. The molecule has 0 aliphatic carbocycles. The normalized spacial score (nSPS) is 16.4. The van der Waals surface area contributed by atoms with Crippen molar-refractivity contribution in [3.8, 4) is 0 Å². The predicted molar refractivity (Wildman–Crippen MR) is 85.7 cm³/mol. The van der Waals surface area contributed by atoms with Gasteiger partial charge in [0, 0.05) is 19.3 Å². The number of ether oxygens (including phenoxy) is 1. The molecule has 1 aromatic rings. The monoisotopic (exact) mass is 314 g/mol. The second-order valence-electron chi connectivity index (χ2n) is 5.01. The van der Waals surface area contributed by atoms with Crippen molar-refractivity contribution >= 4 is 23.4 Å². The highest BCUT2D eigenvalue weighted by Crippen LogP contribution is 2.25. The number of aromatic nitrogens is 1. The molecular formula is C15H23ClN2OS. The predicted octanol–water partition coefficient (Wildman–Crippen LogP) is 3.72. The van der Waals surface area contributed by atoms with E-state index >= 15 is 0 Å². The van der Waals surface area contributed by atoms with Gasteiger partial charge >= 0.3 is 0 Å². The van der Waals surface area contributed by atoms with Gasteiger partial charge in [-0.15, -0.1) is 11.8 Å². The first-order chi connectivity index (χ1) is 9.86. The number of thioether (sulfide) groups is 1. The average molecular weight is 315 g/mol. The fourth-order valence-electron chi connectivity index (χ4n) is 2.26. The Bertz CT molecular complexity index is 386. The highest BCUT2D eigenvalue weighted by atomic mass is 35.5. The minimum atomic E-state index is 0.768. The third-order valence-electron chi connectivity index (χ3n) is 3.44. The van der Waals surface area contributed by atoms with Crippen LogP contribution in [0.4, 0.5) is 0 Å². The van der Waals surface area contributed by atoms with E-state index in [-0.39, 0.29) is 0 Å². The molecule has 5 heteroatoms. The van der Waals surface area contributed by atoms with Crippen LogP contribution in [0.3, 0.4) is 0 Å². The summed E-state index contributed by atoms with van der Waals surface area (Å²) in [6.07, 6.45) is 6.95. The lowest BCUT2D eigenvalue weighted by molar-refractivity contribution is 0.0371. The quantitative estimate of drug-likeness (QED) is 0.539. The number of nitrogens with zero attached hydrogens (tertiary/aromatic N) is 2. The molecule has 1 aliphatic rings. The number of unbranched alkanes of at least 4 members (excludes halogenated alkanes) is 3. The molecule has 112 valence electrons. The van der Waals surface area contributed by atoms with Crippen LogP contribution in [0.5, 0.6) is 0 Å². The number of hydrogen-bond donors (Lipinski definition) is 0. The zero-order valence-corrected chi connectivity index (χ0v) is 13.5. The fraction of sp³-hybridized carbons (Fsp3) is 0.667. The zero-order valence-electron chi connectivity index (χ0n) is 11.9. The van der Waals surface area contributed by atoms with Gasteiger partial charge < -0.3 is 4.74 Å². The molecule has 0 amide bonds. The summed E-state index contributed by atoms with van der Waals surface area (Å²) in [6, 6.07) is 3.78. The molecule has 0 radical (unpaired) electrons. The van der Waals surface area contributed by atoms with Crippen LogP contribution in [-0.2, 0) is 4.74 Å². The highest BCUT2D eigenvalue weighted by molar-refractivity contribution is 7.99. The van der Waals surface area contributed by atoms with E-state index in [2.05, 4.69) is 9.88 Å². The standard InChI is InChI=1S/C15H23ClN2OS/c16-14-6-5-7-17-15(14)20-13-4-2-1-3-8-18-9-11-19-12-10-18/h5-7H,1-4,8-13H2. The van der Waals surface area contributed by atoms with Crippen molar-refractivity contribution in [3.05, 3.63) is 23.4 Å². The summed E-state index contributed by atoms with van der Waals surface area (Å²) < 4.78 is 5.35. The van der Waals surface area contributed by atoms with Crippen LogP contribution in [0, 0.1) is 0 Å². The minimum Gasteiger partial charge on any atom is -0.379 e. The Kier molecular flexibility index (Phi) is 7.73. The molecule has 1 saturated heterocycles. The van der Waals surface area contributed by atoms with Gasteiger partial charge in [-0.2, -0.15) is 0 Å². The molecule has 0 unspecified atom stereocenters. The maximum atomic E-state index is 6.07. The topological polar surface area (TPSA) is 25.4 Å². The molecule has 1 aliphatic heterocycles. The Morgan fingerprint density at radius 3 is 2.80 bits per heavy atom. The number of hydrogen-bond acceptors (Lipinski definition) is 4. The first-order valence-corrected chi connectivity index (χ1v) is 8.76. The summed E-state index contributed by atoms with van der Waals surface area (Å²) >= 11 is 7.84. The maximum absolute atomic E-state index is 6.07. The van der Waals surface area contributed by atoms with Gasteiger partial charge in [0.05, 0.1) is 18.2 Å². The van der Waals surface area contributed by atoms with Crippen LogP contribution in [0.15, 0.2) is 23.4 Å². The van der Waals surface area contributed by atoms with E-state index in [1.165, 1.54) is 32.2 Å². The zero-order chi connectivity index (χ0) is 14.0. The second-order valence-corrected chi connectivity index (χ2v) is 6.50. The van der Waals surface area contributed by atoms with Crippen molar-refractivity contribution in [2.75, 3.05) is 38.6 Å². The average Bonchev–Trinajstić information content (AvgIpc) is 2.49. The molecular weight excluding hydrogens is 292 g/mol. The largest absolute Gasteiger partial charge is 0.379 e. The van der Waals surface area contributed by atoms with Crippen LogP contribution in [0.1, 0.15) is 25.7 Å². The smallest absolute Gasteiger partial charge is 0.115 e. The molecule has 1 fully saturated rings. The Morgan fingerprint density at radius 1 is 1.20 bits per heavy atom. The second kappa shape index (κ2) is 9.61. The molecule has 0 N–H and O–H groups in total. The van der Waals surface area contributed by atoms with Crippen LogP contribution in [-0.4, -0.2) is 48.5 Å². The summed E-state index contributed by atoms with van der Waals surface area (Å²) in [4.78, 5) is 6.79. The van der Waals surface area contributed by atoms with Crippen molar-refractivity contribution in [3.63, 3.8) is 0 Å². The Morgan fingerprint density at radius 2 is 2.00 bits per heavy atom. The summed E-state index contributed by atoms with van der Waals surface area (Å²) in [5.41, 5.74) is 0. The van der Waals surface area contributed by atoms with Gasteiger partial charge in [0.1, 0.15) is 5.03 Å². The van der Waals surface area contributed by atoms with Crippen LogP contribution < -0.4 is 0 Å². The number of halogens is 1. The van der Waals surface area contributed by atoms with Gasteiger partial charge in [-0.25, -0.2) is 4.98 Å². The van der Waals surface area contributed by atoms with Crippen molar-refractivity contribution in [2.24, 2.45) is 0 Å². The SMILES string of the molecule is Clc1cccnc1SCCCCCCN1CCOCC1. The van der Waals surface area contributed by atoms with Crippen LogP contribution in [0.25, 0.3) is 0 Å². The summed E-state index contributed by atoms with van der Waals surface area (Å²) in [6.45, 7) is 5.24. The first kappa shape index (κ1) is 16.1. The molecule has 20 heavy (non-hydrogen) atoms. The highest BCUT2D eigenvalue weighted by Gasteiger charge is 2.08. The molecule has 2 rings (SSSR count). The van der Waals surface area contributed by atoms with Crippen molar-refractivity contribution < 1.29 is 4.74 Å². The lowest BCUT2D eigenvalue weighted by Gasteiger charge is -2.26. The molecule has 1 aromatic heterocycles. The van der Waals surface area contributed by atoms with Crippen LogP contribution in [0.2, 0.25) is 5.02 Å². The summed E-state index contributed by atoms with van der Waals surface area (Å²) in [5, 5.41) is 1.73. The lowest BCUT2D eigenvalue weighted by Crippen LogP contribution is -2.36. The van der Waals surface area contributed by atoms with E-state index < -0.39 is 0 Å². The van der Waals surface area contributed by atoms with E-state index in [4.69, 9.17) is 16.3 Å². The lowest BCUT2D eigenvalue weighted by atomic mass is 10.2. The van der Waals surface area contributed by atoms with Gasteiger partial charge in [0.25, 0.3) is 0 Å². The third kappa shape index (κ3) is 6.00. The van der Waals surface area contributed by atoms with Crippen LogP contribution >= 0.6 is 23.4 Å². The van der Waals surface area contributed by atoms with E-state index in [0.29, 0.717) is 0 Å². The molecule has 0 atom stereocenters. The Hall–Kier alpha value is -0.290. The number of rotatable bonds is 8. The van der Waals surface area contributed by atoms with Gasteiger partial charge in [0.2, 0.25) is 0 Å². The molecule has 0 saturated carbocycles. The summed E-state index contributed by atoms with van der Waals surface area (Å²) in [7, 11) is 0. The van der Waals surface area contributed by atoms with Crippen molar-refractivity contribution in [1.82, 2.24) is 9.88 Å². The molecule has 3 nitrogen and oxygen atoms in total. The third-order valence-corrected chi connectivity index (χ3v) is 4.94. The Balaban J connectivity index is 1.46. The van der Waals surface area contributed by atoms with E-state index in [1.54, 1.807) is 18.0 Å². The van der Waals surface area contributed by atoms with Gasteiger partial charge in [0.15, 0.2) is 0 Å². The Labute approximate surface area is 131 Å². The molecule has 2 heterocycles. The fourth-order valence-corrected chi connectivity index (χ4v) is 3.43. The minimum absolute atomic E-state index is 0.768. The van der Waals surface area contributed by atoms with Gasteiger partial charge in [-0.05, 0) is 37.3 Å². The van der Waals surface area contributed by atoms with Gasteiger partial charge in [-0.3, -0.25) is 4.90 Å². The van der Waals surface area contributed by atoms with Gasteiger partial charge in [-0.1, -0.05) is 24.4 Å². The maximum Gasteiger partial charge on any atom is 0.115 e. The number of morpholine rings is 1. The van der Waals surface area contributed by atoms with E-state index in [1.807, 2.05) is 12.1 Å². The molecule has 0 spiro atoms.